The molecule has 2 aromatic heterocycles. The molecule has 200 valence electrons. The summed E-state index contributed by atoms with van der Waals surface area (Å²) in [5, 5.41) is 13.9. The van der Waals surface area contributed by atoms with Gasteiger partial charge in [-0.05, 0) is 29.8 Å². The lowest BCUT2D eigenvalue weighted by molar-refractivity contribution is 0.0383. The maximum Gasteiger partial charge on any atom is 0.269 e. The summed E-state index contributed by atoms with van der Waals surface area (Å²) in [6.45, 7) is 4.31. The van der Waals surface area contributed by atoms with Gasteiger partial charge in [-0.2, -0.15) is 5.10 Å². The summed E-state index contributed by atoms with van der Waals surface area (Å²) < 4.78 is 32.0. The first-order valence-corrected chi connectivity index (χ1v) is 12.0. The molecule has 1 aliphatic heterocycles. The molecule has 0 saturated carbocycles. The number of ether oxygens (including phenoxy) is 1. The van der Waals surface area contributed by atoms with Crippen LogP contribution in [-0.4, -0.2) is 77.2 Å². The summed E-state index contributed by atoms with van der Waals surface area (Å²) >= 11 is 5.81. The molecule has 1 aliphatic rings. The Labute approximate surface area is 220 Å². The van der Waals surface area contributed by atoms with Gasteiger partial charge < -0.3 is 20.7 Å². The monoisotopic (exact) mass is 547 g/mol. The zero-order chi connectivity index (χ0) is 27.1. The van der Waals surface area contributed by atoms with Crippen LogP contribution in [0.5, 0.6) is 0 Å². The number of carbonyl (C=O) groups excluding carboxylic acids is 3. The minimum Gasteiger partial charge on any atom is -0.379 e. The van der Waals surface area contributed by atoms with E-state index in [2.05, 4.69) is 36.0 Å². The lowest BCUT2D eigenvalue weighted by Crippen LogP contribution is -2.41. The van der Waals surface area contributed by atoms with Gasteiger partial charge in [0, 0.05) is 45.0 Å². The fourth-order valence-corrected chi connectivity index (χ4v) is 3.85. The second-order valence-corrected chi connectivity index (χ2v) is 8.72. The lowest BCUT2D eigenvalue weighted by atomic mass is 10.2. The number of rotatable bonds is 9. The first kappa shape index (κ1) is 27.1. The average molecular weight is 548 g/mol. The van der Waals surface area contributed by atoms with Crippen LogP contribution in [0.25, 0.3) is 0 Å². The third-order valence-electron chi connectivity index (χ3n) is 5.65. The van der Waals surface area contributed by atoms with Crippen LogP contribution in [0.1, 0.15) is 36.9 Å². The molecule has 0 atom stereocenters. The fraction of sp³-hybridized carbons (Fsp3) is 0.292. The van der Waals surface area contributed by atoms with Crippen LogP contribution in [0.2, 0.25) is 5.02 Å². The van der Waals surface area contributed by atoms with Gasteiger partial charge in [0.05, 0.1) is 23.8 Å². The standard InChI is InChI=1S/C24H24ClF2N7O4/c25-16-11-18(27)17(26)10-15(16)22(35)31-21-12-20(32-33-21)24(37)30-13-14-1-2-28-19(9-14)23(36)29-3-4-34-5-7-38-8-6-34/h1-2,9-12H,3-8,13H2,(H,29,36)(H,30,37)(H2,31,32,33,35). The Morgan fingerprint density at radius 1 is 1.03 bits per heavy atom. The van der Waals surface area contributed by atoms with Gasteiger partial charge in [-0.25, -0.2) is 8.78 Å². The second-order valence-electron chi connectivity index (χ2n) is 8.31. The van der Waals surface area contributed by atoms with Gasteiger partial charge >= 0.3 is 0 Å². The lowest BCUT2D eigenvalue weighted by Gasteiger charge is -2.26. The Morgan fingerprint density at radius 2 is 1.79 bits per heavy atom. The maximum atomic E-state index is 13.5. The van der Waals surface area contributed by atoms with Crippen molar-refractivity contribution in [2.24, 2.45) is 0 Å². The number of aromatic amines is 1. The van der Waals surface area contributed by atoms with E-state index in [1.54, 1.807) is 12.1 Å². The Kier molecular flexibility index (Phi) is 8.94. The molecule has 0 radical (unpaired) electrons. The molecule has 0 aliphatic carbocycles. The van der Waals surface area contributed by atoms with Gasteiger partial charge in [0.1, 0.15) is 11.4 Å². The number of hydrogen-bond acceptors (Lipinski definition) is 7. The quantitative estimate of drug-likeness (QED) is 0.300. The van der Waals surface area contributed by atoms with Crippen molar-refractivity contribution in [2.45, 2.75) is 6.54 Å². The number of morpholine rings is 1. The van der Waals surface area contributed by atoms with E-state index in [0.29, 0.717) is 44.0 Å². The predicted molar refractivity (Wildman–Crippen MR) is 133 cm³/mol. The normalized spacial score (nSPS) is 13.7. The molecule has 38 heavy (non-hydrogen) atoms. The van der Waals surface area contributed by atoms with Crippen LogP contribution in [0.3, 0.4) is 0 Å². The largest absolute Gasteiger partial charge is 0.379 e. The Morgan fingerprint density at radius 3 is 2.58 bits per heavy atom. The van der Waals surface area contributed by atoms with Crippen LogP contribution in [0.15, 0.2) is 36.5 Å². The van der Waals surface area contributed by atoms with Crippen molar-refractivity contribution < 1.29 is 27.9 Å². The number of hydrogen-bond donors (Lipinski definition) is 4. The van der Waals surface area contributed by atoms with Crippen molar-refractivity contribution in [1.82, 2.24) is 30.7 Å². The topological polar surface area (TPSA) is 141 Å². The number of aromatic nitrogens is 3. The van der Waals surface area contributed by atoms with E-state index in [9.17, 15) is 23.2 Å². The highest BCUT2D eigenvalue weighted by Crippen LogP contribution is 2.21. The van der Waals surface area contributed by atoms with Gasteiger partial charge in [-0.3, -0.25) is 29.4 Å². The van der Waals surface area contributed by atoms with E-state index in [1.807, 2.05) is 0 Å². The number of H-pyrrole nitrogens is 1. The number of anilines is 1. The van der Waals surface area contributed by atoms with E-state index < -0.39 is 23.4 Å². The molecule has 4 rings (SSSR count). The summed E-state index contributed by atoms with van der Waals surface area (Å²) in [5.74, 6) is -4.12. The Balaban J connectivity index is 1.27. The smallest absolute Gasteiger partial charge is 0.269 e. The maximum absolute atomic E-state index is 13.5. The number of pyridine rings is 1. The number of benzene rings is 1. The molecule has 0 unspecified atom stereocenters. The van der Waals surface area contributed by atoms with Crippen LogP contribution in [-0.2, 0) is 11.3 Å². The highest BCUT2D eigenvalue weighted by molar-refractivity contribution is 6.34. The van der Waals surface area contributed by atoms with E-state index in [4.69, 9.17) is 16.3 Å². The SMILES string of the molecule is O=C(NCCN1CCOCC1)c1cc(CNC(=O)c2cc(NC(=O)c3cc(F)c(F)cc3Cl)n[nH]2)ccn1. The van der Waals surface area contributed by atoms with Gasteiger partial charge in [-0.15, -0.1) is 0 Å². The third kappa shape index (κ3) is 7.09. The molecule has 3 heterocycles. The zero-order valence-corrected chi connectivity index (χ0v) is 20.8. The molecule has 1 saturated heterocycles. The molecule has 3 amide bonds. The summed E-state index contributed by atoms with van der Waals surface area (Å²) in [7, 11) is 0. The summed E-state index contributed by atoms with van der Waals surface area (Å²) in [5.41, 5.74) is 0.610. The van der Waals surface area contributed by atoms with Crippen molar-refractivity contribution in [2.75, 3.05) is 44.7 Å². The summed E-state index contributed by atoms with van der Waals surface area (Å²) in [4.78, 5) is 43.6. The van der Waals surface area contributed by atoms with E-state index >= 15 is 0 Å². The van der Waals surface area contributed by atoms with Crippen LogP contribution < -0.4 is 16.0 Å². The average Bonchev–Trinajstić information content (AvgIpc) is 3.38. The second kappa shape index (κ2) is 12.5. The fourth-order valence-electron chi connectivity index (χ4n) is 3.61. The van der Waals surface area contributed by atoms with Crippen molar-refractivity contribution in [3.63, 3.8) is 0 Å². The highest BCUT2D eigenvalue weighted by atomic mass is 35.5. The first-order chi connectivity index (χ1) is 18.3. The minimum atomic E-state index is -1.23. The van der Waals surface area contributed by atoms with Gasteiger partial charge in [0.2, 0.25) is 0 Å². The summed E-state index contributed by atoms with van der Waals surface area (Å²) in [6.07, 6.45) is 1.48. The molecular formula is C24H24ClF2N7O4. The van der Waals surface area contributed by atoms with E-state index in [1.165, 1.54) is 12.3 Å². The van der Waals surface area contributed by atoms with Gasteiger partial charge in [0.25, 0.3) is 17.7 Å². The number of amides is 3. The van der Waals surface area contributed by atoms with Crippen molar-refractivity contribution >= 4 is 35.1 Å². The van der Waals surface area contributed by atoms with E-state index in [0.717, 1.165) is 13.1 Å². The number of nitrogens with zero attached hydrogens (tertiary/aromatic N) is 3. The molecule has 4 N–H and O–H groups in total. The number of carbonyl (C=O) groups is 3. The molecule has 1 fully saturated rings. The van der Waals surface area contributed by atoms with Crippen LogP contribution in [0.4, 0.5) is 14.6 Å². The van der Waals surface area contributed by atoms with E-state index in [-0.39, 0.29) is 40.2 Å². The first-order valence-electron chi connectivity index (χ1n) is 11.6. The molecular weight excluding hydrogens is 524 g/mol. The van der Waals surface area contributed by atoms with Gasteiger partial charge in [0.15, 0.2) is 17.5 Å². The molecule has 0 spiro atoms. The molecule has 3 aromatic rings. The van der Waals surface area contributed by atoms with Crippen molar-refractivity contribution in [1.29, 1.82) is 0 Å². The molecule has 11 nitrogen and oxygen atoms in total. The molecule has 1 aromatic carbocycles. The Bertz CT molecular complexity index is 1330. The van der Waals surface area contributed by atoms with Gasteiger partial charge in [-0.1, -0.05) is 11.6 Å². The number of nitrogens with one attached hydrogen (secondary N) is 4. The molecule has 0 bridgehead atoms. The minimum absolute atomic E-state index is 0.0269. The number of halogens is 3. The zero-order valence-electron chi connectivity index (χ0n) is 20.0. The van der Waals surface area contributed by atoms with Crippen LogP contribution >= 0.6 is 11.6 Å². The third-order valence-corrected chi connectivity index (χ3v) is 5.96. The predicted octanol–water partition coefficient (Wildman–Crippen LogP) is 1.98. The summed E-state index contributed by atoms with van der Waals surface area (Å²) in [6, 6.07) is 5.86. The van der Waals surface area contributed by atoms with Crippen LogP contribution in [0, 0.1) is 11.6 Å². The molecule has 14 heteroatoms. The highest BCUT2D eigenvalue weighted by Gasteiger charge is 2.18. The Hall–Kier alpha value is -3.94. The van der Waals surface area contributed by atoms with Crippen molar-refractivity contribution in [3.05, 3.63) is 75.7 Å². The van der Waals surface area contributed by atoms with Crippen molar-refractivity contribution in [3.8, 4) is 0 Å².